The SMILES string of the molecule is Cc1ccc(Oc2ccccc2)c(C)c1N. The number of hydrogen-bond donors (Lipinski definition) is 1. The van der Waals surface area contributed by atoms with Crippen LogP contribution >= 0.6 is 0 Å². The molecule has 2 aromatic carbocycles. The lowest BCUT2D eigenvalue weighted by atomic mass is 10.1. The summed E-state index contributed by atoms with van der Waals surface area (Å²) in [6, 6.07) is 13.6. The molecule has 0 saturated heterocycles. The van der Waals surface area contributed by atoms with Gasteiger partial charge in [-0.05, 0) is 37.6 Å². The van der Waals surface area contributed by atoms with Gasteiger partial charge in [0.15, 0.2) is 0 Å². The predicted molar refractivity (Wildman–Crippen MR) is 66.8 cm³/mol. The van der Waals surface area contributed by atoms with Gasteiger partial charge in [0.05, 0.1) is 0 Å². The van der Waals surface area contributed by atoms with Crippen molar-refractivity contribution in [1.29, 1.82) is 0 Å². The van der Waals surface area contributed by atoms with Crippen molar-refractivity contribution in [3.63, 3.8) is 0 Å². The third kappa shape index (κ3) is 2.01. The number of anilines is 1. The molecule has 2 aromatic rings. The smallest absolute Gasteiger partial charge is 0.132 e. The van der Waals surface area contributed by atoms with E-state index in [-0.39, 0.29) is 0 Å². The van der Waals surface area contributed by atoms with Crippen LogP contribution in [0.2, 0.25) is 0 Å². The van der Waals surface area contributed by atoms with Crippen LogP contribution in [0.1, 0.15) is 11.1 Å². The highest BCUT2D eigenvalue weighted by Gasteiger charge is 2.05. The van der Waals surface area contributed by atoms with Gasteiger partial charge in [0.1, 0.15) is 11.5 Å². The molecule has 0 bridgehead atoms. The number of hydrogen-bond acceptors (Lipinski definition) is 2. The lowest BCUT2D eigenvalue weighted by molar-refractivity contribution is 0.479. The Balaban J connectivity index is 2.33. The molecule has 0 spiro atoms. The maximum absolute atomic E-state index is 5.96. The molecule has 0 unspecified atom stereocenters. The Morgan fingerprint density at radius 2 is 1.62 bits per heavy atom. The second-order valence-corrected chi connectivity index (χ2v) is 3.83. The summed E-state index contributed by atoms with van der Waals surface area (Å²) in [6.45, 7) is 3.97. The van der Waals surface area contributed by atoms with Crippen LogP contribution in [0.15, 0.2) is 42.5 Å². The summed E-state index contributed by atoms with van der Waals surface area (Å²) in [5, 5.41) is 0. The first-order chi connectivity index (χ1) is 7.68. The second-order valence-electron chi connectivity index (χ2n) is 3.83. The fraction of sp³-hybridized carbons (Fsp3) is 0.143. The van der Waals surface area contributed by atoms with E-state index in [2.05, 4.69) is 0 Å². The van der Waals surface area contributed by atoms with Crippen molar-refractivity contribution in [1.82, 2.24) is 0 Å². The van der Waals surface area contributed by atoms with E-state index >= 15 is 0 Å². The zero-order chi connectivity index (χ0) is 11.5. The summed E-state index contributed by atoms with van der Waals surface area (Å²) in [5.74, 6) is 1.64. The van der Waals surface area contributed by atoms with Crippen LogP contribution in [-0.2, 0) is 0 Å². The minimum absolute atomic E-state index is 0.799. The topological polar surface area (TPSA) is 35.2 Å². The average molecular weight is 213 g/mol. The van der Waals surface area contributed by atoms with E-state index in [4.69, 9.17) is 10.5 Å². The van der Waals surface area contributed by atoms with Gasteiger partial charge in [0.25, 0.3) is 0 Å². The van der Waals surface area contributed by atoms with Gasteiger partial charge in [-0.3, -0.25) is 0 Å². The van der Waals surface area contributed by atoms with E-state index in [1.54, 1.807) is 0 Å². The van der Waals surface area contributed by atoms with Crippen LogP contribution in [0.5, 0.6) is 11.5 Å². The molecule has 0 atom stereocenters. The molecule has 2 rings (SSSR count). The van der Waals surface area contributed by atoms with Gasteiger partial charge in [-0.15, -0.1) is 0 Å². The number of nitrogen functional groups attached to an aromatic ring is 1. The van der Waals surface area contributed by atoms with Crippen LogP contribution in [0, 0.1) is 13.8 Å². The molecule has 0 amide bonds. The molecule has 0 saturated carbocycles. The summed E-state index contributed by atoms with van der Waals surface area (Å²) in [6.07, 6.45) is 0. The zero-order valence-corrected chi connectivity index (χ0v) is 9.53. The maximum atomic E-state index is 5.96. The summed E-state index contributed by atoms with van der Waals surface area (Å²) >= 11 is 0. The highest BCUT2D eigenvalue weighted by Crippen LogP contribution is 2.30. The van der Waals surface area contributed by atoms with Crippen molar-refractivity contribution in [3.8, 4) is 11.5 Å². The highest BCUT2D eigenvalue weighted by molar-refractivity contribution is 5.59. The Bertz CT molecular complexity index is 492. The van der Waals surface area contributed by atoms with Crippen molar-refractivity contribution in [2.24, 2.45) is 0 Å². The van der Waals surface area contributed by atoms with Crippen LogP contribution in [0.3, 0.4) is 0 Å². The van der Waals surface area contributed by atoms with E-state index in [1.165, 1.54) is 0 Å². The Morgan fingerprint density at radius 1 is 0.938 bits per heavy atom. The van der Waals surface area contributed by atoms with E-state index in [0.717, 1.165) is 28.3 Å². The largest absolute Gasteiger partial charge is 0.457 e. The summed E-state index contributed by atoms with van der Waals surface area (Å²) < 4.78 is 5.76. The molecular formula is C14H15NO. The molecule has 2 heteroatoms. The summed E-state index contributed by atoms with van der Waals surface area (Å²) in [5.41, 5.74) is 8.83. The number of rotatable bonds is 2. The normalized spacial score (nSPS) is 10.1. The van der Waals surface area contributed by atoms with Crippen molar-refractivity contribution in [3.05, 3.63) is 53.6 Å². The van der Waals surface area contributed by atoms with Crippen molar-refractivity contribution >= 4 is 5.69 Å². The van der Waals surface area contributed by atoms with Crippen LogP contribution in [0.4, 0.5) is 5.69 Å². The first kappa shape index (κ1) is 10.6. The molecule has 16 heavy (non-hydrogen) atoms. The van der Waals surface area contributed by atoms with Crippen molar-refractivity contribution < 1.29 is 4.74 Å². The number of ether oxygens (including phenoxy) is 1. The molecular weight excluding hydrogens is 198 g/mol. The standard InChI is InChI=1S/C14H15NO/c1-10-8-9-13(11(2)14(10)15)16-12-6-4-3-5-7-12/h3-9H,15H2,1-2H3. The molecule has 0 fully saturated rings. The second kappa shape index (κ2) is 4.27. The van der Waals surface area contributed by atoms with Gasteiger partial charge in [-0.1, -0.05) is 24.3 Å². The van der Waals surface area contributed by atoms with Crippen LogP contribution < -0.4 is 10.5 Å². The minimum atomic E-state index is 0.799. The fourth-order valence-corrected chi connectivity index (χ4v) is 1.57. The Hall–Kier alpha value is -1.96. The predicted octanol–water partition coefficient (Wildman–Crippen LogP) is 3.68. The third-order valence-corrected chi connectivity index (χ3v) is 2.65. The van der Waals surface area contributed by atoms with E-state index in [0.29, 0.717) is 0 Å². The Labute approximate surface area is 95.7 Å². The number of aryl methyl sites for hydroxylation is 1. The quantitative estimate of drug-likeness (QED) is 0.772. The van der Waals surface area contributed by atoms with Gasteiger partial charge in [-0.2, -0.15) is 0 Å². The number of nitrogens with two attached hydrogens (primary N) is 1. The fourth-order valence-electron chi connectivity index (χ4n) is 1.57. The molecule has 2 nitrogen and oxygen atoms in total. The van der Waals surface area contributed by atoms with Gasteiger partial charge in [0.2, 0.25) is 0 Å². The number of benzene rings is 2. The minimum Gasteiger partial charge on any atom is -0.457 e. The zero-order valence-electron chi connectivity index (χ0n) is 9.53. The molecule has 2 N–H and O–H groups in total. The van der Waals surface area contributed by atoms with Gasteiger partial charge < -0.3 is 10.5 Å². The third-order valence-electron chi connectivity index (χ3n) is 2.65. The summed E-state index contributed by atoms with van der Waals surface area (Å²) in [4.78, 5) is 0. The Kier molecular flexibility index (Phi) is 2.82. The lowest BCUT2D eigenvalue weighted by Gasteiger charge is -2.11. The average Bonchev–Trinajstić information content (AvgIpc) is 2.31. The van der Waals surface area contributed by atoms with E-state index in [9.17, 15) is 0 Å². The molecule has 0 aliphatic carbocycles. The maximum Gasteiger partial charge on any atom is 0.132 e. The van der Waals surface area contributed by atoms with Crippen molar-refractivity contribution in [2.45, 2.75) is 13.8 Å². The van der Waals surface area contributed by atoms with Gasteiger partial charge in [-0.25, -0.2) is 0 Å². The number of para-hydroxylation sites is 1. The molecule has 0 aliphatic rings. The van der Waals surface area contributed by atoms with E-state index < -0.39 is 0 Å². The molecule has 0 aliphatic heterocycles. The highest BCUT2D eigenvalue weighted by atomic mass is 16.5. The molecule has 0 heterocycles. The molecule has 0 aromatic heterocycles. The van der Waals surface area contributed by atoms with Gasteiger partial charge in [0, 0.05) is 11.3 Å². The first-order valence-corrected chi connectivity index (χ1v) is 5.27. The molecule has 0 radical (unpaired) electrons. The monoisotopic (exact) mass is 213 g/mol. The first-order valence-electron chi connectivity index (χ1n) is 5.27. The summed E-state index contributed by atoms with van der Waals surface area (Å²) in [7, 11) is 0. The van der Waals surface area contributed by atoms with Crippen LogP contribution in [-0.4, -0.2) is 0 Å². The molecule has 82 valence electrons. The van der Waals surface area contributed by atoms with Crippen molar-refractivity contribution in [2.75, 3.05) is 5.73 Å². The van der Waals surface area contributed by atoms with Crippen LogP contribution in [0.25, 0.3) is 0 Å². The van der Waals surface area contributed by atoms with Gasteiger partial charge >= 0.3 is 0 Å². The lowest BCUT2D eigenvalue weighted by Crippen LogP contribution is -1.96. The van der Waals surface area contributed by atoms with E-state index in [1.807, 2.05) is 56.3 Å². The Morgan fingerprint density at radius 3 is 2.31 bits per heavy atom.